The van der Waals surface area contributed by atoms with Gasteiger partial charge in [0, 0.05) is 18.3 Å². The fraction of sp³-hybridized carbons (Fsp3) is 0.438. The summed E-state index contributed by atoms with van der Waals surface area (Å²) >= 11 is 0. The third-order valence-corrected chi connectivity index (χ3v) is 3.52. The maximum atomic E-state index is 9.19. The molecule has 2 aromatic rings. The minimum Gasteiger partial charge on any atom is -0.392 e. The van der Waals surface area contributed by atoms with Crippen LogP contribution in [-0.4, -0.2) is 9.67 Å². The molecule has 1 aromatic heterocycles. The summed E-state index contributed by atoms with van der Waals surface area (Å²) in [6, 6.07) is 10.4. The van der Waals surface area contributed by atoms with Gasteiger partial charge in [0.25, 0.3) is 0 Å². The normalized spacial score (nSPS) is 11.7. The molecule has 0 atom stereocenters. The molecule has 1 heterocycles. The van der Waals surface area contributed by atoms with Gasteiger partial charge in [-0.05, 0) is 49.8 Å². The molecule has 3 heteroatoms. The van der Waals surface area contributed by atoms with Crippen molar-refractivity contribution in [2.45, 2.75) is 39.8 Å². The van der Waals surface area contributed by atoms with Gasteiger partial charge in [0.15, 0.2) is 0 Å². The van der Waals surface area contributed by atoms with Crippen LogP contribution in [-0.2, 0) is 13.2 Å². The number of benzene rings is 1. The number of nitrogens with zero attached hydrogens (tertiary/aromatic N) is 2. The zero-order valence-electron chi connectivity index (χ0n) is 11.6. The Morgan fingerprint density at radius 2 is 2.11 bits per heavy atom. The topological polar surface area (TPSA) is 49.0 Å². The Labute approximate surface area is 114 Å². The molecule has 0 aliphatic heterocycles. The van der Waals surface area contributed by atoms with Gasteiger partial charge in [-0.3, -0.25) is 0 Å². The van der Waals surface area contributed by atoms with Gasteiger partial charge >= 0.3 is 0 Å². The van der Waals surface area contributed by atoms with E-state index in [1.165, 1.54) is 5.39 Å². The summed E-state index contributed by atoms with van der Waals surface area (Å²) in [4.78, 5) is 0. The zero-order valence-corrected chi connectivity index (χ0v) is 11.6. The summed E-state index contributed by atoms with van der Waals surface area (Å²) in [7, 11) is 0. The van der Waals surface area contributed by atoms with Crippen molar-refractivity contribution in [3.8, 4) is 6.07 Å². The highest BCUT2D eigenvalue weighted by Crippen LogP contribution is 2.23. The van der Waals surface area contributed by atoms with Crippen LogP contribution < -0.4 is 0 Å². The van der Waals surface area contributed by atoms with Crippen molar-refractivity contribution in [2.75, 3.05) is 0 Å². The molecule has 0 unspecified atom stereocenters. The molecule has 0 bridgehead atoms. The van der Waals surface area contributed by atoms with Crippen LogP contribution in [0.4, 0.5) is 0 Å². The Balaban J connectivity index is 2.11. The number of nitriles is 1. The van der Waals surface area contributed by atoms with Gasteiger partial charge in [0.2, 0.25) is 0 Å². The fourth-order valence-corrected chi connectivity index (χ4v) is 2.27. The molecule has 1 aromatic carbocycles. The van der Waals surface area contributed by atoms with Crippen LogP contribution in [0.5, 0.6) is 0 Å². The maximum absolute atomic E-state index is 9.19. The maximum Gasteiger partial charge on any atom is 0.0683 e. The van der Waals surface area contributed by atoms with Gasteiger partial charge in [-0.15, -0.1) is 0 Å². The first-order valence-corrected chi connectivity index (χ1v) is 6.66. The first kappa shape index (κ1) is 13.6. The summed E-state index contributed by atoms with van der Waals surface area (Å²) in [5.41, 5.74) is 1.84. The summed E-state index contributed by atoms with van der Waals surface area (Å²) in [5, 5.41) is 19.4. The van der Waals surface area contributed by atoms with Crippen LogP contribution in [0, 0.1) is 16.7 Å². The number of aliphatic hydroxyl groups is 1. The molecule has 2 rings (SSSR count). The molecule has 0 aliphatic carbocycles. The van der Waals surface area contributed by atoms with Crippen molar-refractivity contribution < 1.29 is 5.11 Å². The lowest BCUT2D eigenvalue weighted by atomic mass is 9.90. The molecule has 0 aliphatic rings. The first-order valence-electron chi connectivity index (χ1n) is 6.66. The van der Waals surface area contributed by atoms with Crippen molar-refractivity contribution in [3.05, 3.63) is 36.0 Å². The minimum absolute atomic E-state index is 0.0720. The van der Waals surface area contributed by atoms with Gasteiger partial charge < -0.3 is 9.67 Å². The number of aryl methyl sites for hydroxylation is 1. The monoisotopic (exact) mass is 256 g/mol. The molecule has 0 fully saturated rings. The molecule has 0 saturated heterocycles. The standard InChI is InChI=1S/C16H20N2O/c1-16(2,12-17)7-3-8-18-9-6-14-5-4-13(11-19)10-15(14)18/h4-6,9-10,19H,3,7-8,11H2,1-2H3. The van der Waals surface area contributed by atoms with E-state index in [9.17, 15) is 5.11 Å². The molecule has 19 heavy (non-hydrogen) atoms. The number of hydrogen-bond acceptors (Lipinski definition) is 2. The van der Waals surface area contributed by atoms with E-state index < -0.39 is 0 Å². The van der Waals surface area contributed by atoms with Crippen LogP contribution in [0.1, 0.15) is 32.3 Å². The van der Waals surface area contributed by atoms with Gasteiger partial charge in [-0.1, -0.05) is 12.1 Å². The van der Waals surface area contributed by atoms with E-state index in [-0.39, 0.29) is 12.0 Å². The van der Waals surface area contributed by atoms with Crippen LogP contribution >= 0.6 is 0 Å². The van der Waals surface area contributed by atoms with E-state index in [1.807, 2.05) is 32.0 Å². The molecule has 0 saturated carbocycles. The zero-order chi connectivity index (χ0) is 13.9. The largest absolute Gasteiger partial charge is 0.392 e. The summed E-state index contributed by atoms with van der Waals surface area (Å²) in [5.74, 6) is 0. The summed E-state index contributed by atoms with van der Waals surface area (Å²) < 4.78 is 2.20. The third-order valence-electron chi connectivity index (χ3n) is 3.52. The predicted molar refractivity (Wildman–Crippen MR) is 76.5 cm³/mol. The lowest BCUT2D eigenvalue weighted by Gasteiger charge is -2.15. The van der Waals surface area contributed by atoms with E-state index in [0.29, 0.717) is 0 Å². The highest BCUT2D eigenvalue weighted by molar-refractivity contribution is 5.80. The van der Waals surface area contributed by atoms with Crippen molar-refractivity contribution in [1.29, 1.82) is 5.26 Å². The average Bonchev–Trinajstić information content (AvgIpc) is 2.81. The van der Waals surface area contributed by atoms with E-state index in [2.05, 4.69) is 22.9 Å². The number of aromatic nitrogens is 1. The minimum atomic E-state index is -0.251. The second kappa shape index (κ2) is 5.46. The molecular formula is C16H20N2O. The second-order valence-corrected chi connectivity index (χ2v) is 5.66. The van der Waals surface area contributed by atoms with Gasteiger partial charge in [0.05, 0.1) is 18.1 Å². The molecule has 1 N–H and O–H groups in total. The van der Waals surface area contributed by atoms with Crippen LogP contribution in [0.25, 0.3) is 10.9 Å². The van der Waals surface area contributed by atoms with Crippen LogP contribution in [0.3, 0.4) is 0 Å². The number of rotatable bonds is 5. The second-order valence-electron chi connectivity index (χ2n) is 5.66. The highest BCUT2D eigenvalue weighted by atomic mass is 16.3. The molecule has 0 spiro atoms. The Kier molecular flexibility index (Phi) is 3.92. The Bertz CT molecular complexity index is 605. The van der Waals surface area contributed by atoms with Crippen molar-refractivity contribution in [1.82, 2.24) is 4.57 Å². The molecular weight excluding hydrogens is 236 g/mol. The first-order chi connectivity index (χ1) is 9.05. The van der Waals surface area contributed by atoms with Crippen molar-refractivity contribution >= 4 is 10.9 Å². The van der Waals surface area contributed by atoms with E-state index in [1.54, 1.807) is 0 Å². The Morgan fingerprint density at radius 1 is 1.32 bits per heavy atom. The summed E-state index contributed by atoms with van der Waals surface area (Å²) in [6.07, 6.45) is 3.95. The third kappa shape index (κ3) is 3.15. The van der Waals surface area contributed by atoms with Gasteiger partial charge in [-0.2, -0.15) is 5.26 Å². The van der Waals surface area contributed by atoms with E-state index in [0.717, 1.165) is 30.5 Å². The quantitative estimate of drug-likeness (QED) is 0.890. The summed E-state index contributed by atoms with van der Waals surface area (Å²) in [6.45, 7) is 4.93. The highest BCUT2D eigenvalue weighted by Gasteiger charge is 2.15. The van der Waals surface area contributed by atoms with Crippen LogP contribution in [0.2, 0.25) is 0 Å². The number of hydrogen-bond donors (Lipinski definition) is 1. The van der Waals surface area contributed by atoms with Crippen molar-refractivity contribution in [3.63, 3.8) is 0 Å². The molecule has 0 amide bonds. The average molecular weight is 256 g/mol. The number of aliphatic hydroxyl groups excluding tert-OH is 1. The smallest absolute Gasteiger partial charge is 0.0683 e. The van der Waals surface area contributed by atoms with Crippen molar-refractivity contribution in [2.24, 2.45) is 5.41 Å². The van der Waals surface area contributed by atoms with Crippen LogP contribution in [0.15, 0.2) is 30.5 Å². The SMILES string of the molecule is CC(C)(C#N)CCCn1ccc2ccc(CO)cc21. The Morgan fingerprint density at radius 3 is 2.79 bits per heavy atom. The molecule has 3 nitrogen and oxygen atoms in total. The Hall–Kier alpha value is -1.79. The molecule has 100 valence electrons. The fourth-order valence-electron chi connectivity index (χ4n) is 2.27. The van der Waals surface area contributed by atoms with Gasteiger partial charge in [0.1, 0.15) is 0 Å². The predicted octanol–water partition coefficient (Wildman–Crippen LogP) is 3.46. The lowest BCUT2D eigenvalue weighted by Crippen LogP contribution is -2.09. The lowest BCUT2D eigenvalue weighted by molar-refractivity contribution is 0.282. The van der Waals surface area contributed by atoms with Gasteiger partial charge in [-0.25, -0.2) is 0 Å². The number of fused-ring (bicyclic) bond motifs is 1. The van der Waals surface area contributed by atoms with E-state index in [4.69, 9.17) is 5.26 Å². The van der Waals surface area contributed by atoms with E-state index >= 15 is 0 Å². The molecule has 0 radical (unpaired) electrons.